The smallest absolute Gasteiger partial charge is 0.253 e. The molecule has 1 unspecified atom stereocenters. The molecule has 0 N–H and O–H groups in total. The molecule has 2 aromatic rings. The molecule has 1 spiro atoms. The zero-order chi connectivity index (χ0) is 20.3. The molecule has 0 saturated carbocycles. The molecule has 2 fully saturated rings. The van der Waals surface area contributed by atoms with Gasteiger partial charge >= 0.3 is 0 Å². The lowest BCUT2D eigenvalue weighted by molar-refractivity contribution is -0.140. The number of benzene rings is 1. The highest BCUT2D eigenvalue weighted by molar-refractivity contribution is 5.95. The quantitative estimate of drug-likeness (QED) is 0.791. The van der Waals surface area contributed by atoms with E-state index in [9.17, 15) is 9.18 Å². The Bertz CT molecular complexity index is 878. The van der Waals surface area contributed by atoms with Crippen molar-refractivity contribution in [3.05, 3.63) is 54.1 Å². The van der Waals surface area contributed by atoms with Crippen LogP contribution in [0.2, 0.25) is 0 Å². The fourth-order valence-corrected chi connectivity index (χ4v) is 4.20. The number of methoxy groups -OCH3 is 1. The number of hydrogen-bond acceptors (Lipinski definition) is 5. The summed E-state index contributed by atoms with van der Waals surface area (Å²) in [4.78, 5) is 20.7. The number of rotatable bonds is 4. The first-order valence-corrected chi connectivity index (χ1v) is 9.97. The van der Waals surface area contributed by atoms with E-state index >= 15 is 0 Å². The van der Waals surface area contributed by atoms with Crippen molar-refractivity contribution >= 4 is 11.6 Å². The average Bonchev–Trinajstić information content (AvgIpc) is 2.92. The predicted molar refractivity (Wildman–Crippen MR) is 107 cm³/mol. The van der Waals surface area contributed by atoms with Gasteiger partial charge in [-0.1, -0.05) is 6.07 Å². The minimum absolute atomic E-state index is 0.0380. The normalized spacial score (nSPS) is 23.2. The summed E-state index contributed by atoms with van der Waals surface area (Å²) in [5.41, 5.74) is 1.32. The topological polar surface area (TPSA) is 54.9 Å². The third kappa shape index (κ3) is 4.57. The van der Waals surface area contributed by atoms with Gasteiger partial charge in [0.1, 0.15) is 18.2 Å². The molecule has 3 heterocycles. The number of anilines is 1. The van der Waals surface area contributed by atoms with Gasteiger partial charge in [-0.05, 0) is 55.6 Å². The summed E-state index contributed by atoms with van der Waals surface area (Å²) in [6.45, 7) is 3.12. The zero-order valence-electron chi connectivity index (χ0n) is 16.6. The van der Waals surface area contributed by atoms with Gasteiger partial charge in [0.05, 0.1) is 25.5 Å². The van der Waals surface area contributed by atoms with Gasteiger partial charge in [-0.2, -0.15) is 0 Å². The van der Waals surface area contributed by atoms with Crippen LogP contribution in [-0.2, 0) is 16.1 Å². The molecule has 2 aliphatic heterocycles. The second kappa shape index (κ2) is 8.47. The minimum atomic E-state index is -0.387. The second-order valence-corrected chi connectivity index (χ2v) is 7.79. The molecule has 29 heavy (non-hydrogen) atoms. The fourth-order valence-electron chi connectivity index (χ4n) is 4.20. The number of pyridine rings is 1. The number of hydrogen-bond donors (Lipinski definition) is 0. The van der Waals surface area contributed by atoms with Crippen LogP contribution in [0.25, 0.3) is 0 Å². The van der Waals surface area contributed by atoms with E-state index < -0.39 is 0 Å². The van der Waals surface area contributed by atoms with Crippen LogP contribution in [0.4, 0.5) is 10.1 Å². The van der Waals surface area contributed by atoms with E-state index in [2.05, 4.69) is 9.88 Å². The maximum atomic E-state index is 13.7. The summed E-state index contributed by atoms with van der Waals surface area (Å²) in [6.07, 6.45) is 6.24. The third-order valence-electron chi connectivity index (χ3n) is 5.77. The molecule has 2 saturated heterocycles. The highest BCUT2D eigenvalue weighted by Crippen LogP contribution is 2.33. The van der Waals surface area contributed by atoms with Gasteiger partial charge in [0.15, 0.2) is 0 Å². The predicted octanol–water partition coefficient (Wildman–Crippen LogP) is 3.02. The molecule has 0 aliphatic carbocycles. The number of aromatic nitrogens is 1. The summed E-state index contributed by atoms with van der Waals surface area (Å²) < 4.78 is 25.0. The van der Waals surface area contributed by atoms with E-state index in [0.717, 1.165) is 50.2 Å². The van der Waals surface area contributed by atoms with Crippen molar-refractivity contribution in [2.24, 2.45) is 0 Å². The molecule has 154 valence electrons. The minimum Gasteiger partial charge on any atom is -0.495 e. The first-order chi connectivity index (χ1) is 14.1. The number of amides is 1. The van der Waals surface area contributed by atoms with Crippen LogP contribution < -0.4 is 9.64 Å². The lowest BCUT2D eigenvalue weighted by Gasteiger charge is -2.42. The summed E-state index contributed by atoms with van der Waals surface area (Å²) in [6, 6.07) is 8.22. The standard InChI is InChI=1S/C22H26FN3O3/c1-28-20-10-17(12-24-13-20)14-25-8-3-6-22(7-9-25)16-26(21(27)15-29-22)19-5-2-4-18(23)11-19/h2,4-5,10-13H,3,6-9,14-16H2,1H3. The molecule has 1 aromatic carbocycles. The molecule has 0 radical (unpaired) electrons. The SMILES string of the molecule is COc1cncc(CN2CCCC3(CC2)CN(c2cccc(F)c2)C(=O)CO3)c1. The molecular weight excluding hydrogens is 373 g/mol. The molecule has 7 heteroatoms. The molecule has 2 aliphatic rings. The van der Waals surface area contributed by atoms with Gasteiger partial charge in [-0.15, -0.1) is 0 Å². The van der Waals surface area contributed by atoms with Crippen molar-refractivity contribution in [2.75, 3.05) is 38.3 Å². The van der Waals surface area contributed by atoms with Crippen LogP contribution in [0, 0.1) is 5.82 Å². The number of likely N-dealkylation sites (tertiary alicyclic amines) is 1. The Morgan fingerprint density at radius 1 is 1.24 bits per heavy atom. The number of halogens is 1. The Morgan fingerprint density at radius 3 is 2.97 bits per heavy atom. The molecule has 1 atom stereocenters. The van der Waals surface area contributed by atoms with Crippen molar-refractivity contribution in [1.82, 2.24) is 9.88 Å². The van der Waals surface area contributed by atoms with Crippen molar-refractivity contribution in [2.45, 2.75) is 31.4 Å². The number of carbonyl (C=O) groups excluding carboxylic acids is 1. The van der Waals surface area contributed by atoms with E-state index in [1.807, 2.05) is 12.3 Å². The van der Waals surface area contributed by atoms with Gasteiger partial charge in [-0.25, -0.2) is 4.39 Å². The van der Waals surface area contributed by atoms with Crippen LogP contribution in [0.5, 0.6) is 5.75 Å². The van der Waals surface area contributed by atoms with Crippen LogP contribution in [0.1, 0.15) is 24.8 Å². The summed E-state index contributed by atoms with van der Waals surface area (Å²) >= 11 is 0. The molecule has 4 rings (SSSR count). The van der Waals surface area contributed by atoms with E-state index in [1.165, 1.54) is 12.1 Å². The lowest BCUT2D eigenvalue weighted by Crippen LogP contribution is -2.55. The third-order valence-corrected chi connectivity index (χ3v) is 5.77. The number of ether oxygens (including phenoxy) is 2. The first-order valence-electron chi connectivity index (χ1n) is 9.97. The second-order valence-electron chi connectivity index (χ2n) is 7.79. The average molecular weight is 399 g/mol. The maximum absolute atomic E-state index is 13.7. The van der Waals surface area contributed by atoms with E-state index in [4.69, 9.17) is 9.47 Å². The van der Waals surface area contributed by atoms with Crippen LogP contribution >= 0.6 is 0 Å². The van der Waals surface area contributed by atoms with Crippen molar-refractivity contribution in [1.29, 1.82) is 0 Å². The van der Waals surface area contributed by atoms with Gasteiger partial charge < -0.3 is 14.4 Å². The number of morpholine rings is 1. The first kappa shape index (κ1) is 19.8. The monoisotopic (exact) mass is 399 g/mol. The van der Waals surface area contributed by atoms with E-state index in [-0.39, 0.29) is 23.9 Å². The summed E-state index contributed by atoms with van der Waals surface area (Å²) in [5, 5.41) is 0. The number of carbonyl (C=O) groups is 1. The van der Waals surface area contributed by atoms with E-state index in [0.29, 0.717) is 12.2 Å². The zero-order valence-corrected chi connectivity index (χ0v) is 16.6. The van der Waals surface area contributed by atoms with Gasteiger partial charge in [0.25, 0.3) is 5.91 Å². The lowest BCUT2D eigenvalue weighted by atomic mass is 9.92. The van der Waals surface area contributed by atoms with Crippen LogP contribution in [-0.4, -0.2) is 54.7 Å². The van der Waals surface area contributed by atoms with Crippen molar-refractivity contribution in [3.8, 4) is 5.75 Å². The summed E-state index contributed by atoms with van der Waals surface area (Å²) in [5.74, 6) is 0.299. The highest BCUT2D eigenvalue weighted by Gasteiger charge is 2.41. The largest absolute Gasteiger partial charge is 0.495 e. The Balaban J connectivity index is 1.44. The Morgan fingerprint density at radius 2 is 2.14 bits per heavy atom. The van der Waals surface area contributed by atoms with Crippen LogP contribution in [0.3, 0.4) is 0 Å². The fraction of sp³-hybridized carbons (Fsp3) is 0.455. The number of nitrogens with zero attached hydrogens (tertiary/aromatic N) is 3. The van der Waals surface area contributed by atoms with Gasteiger partial charge in [0, 0.05) is 25.0 Å². The molecule has 1 amide bonds. The van der Waals surface area contributed by atoms with Gasteiger partial charge in [0.2, 0.25) is 0 Å². The Kier molecular flexibility index (Phi) is 5.78. The maximum Gasteiger partial charge on any atom is 0.253 e. The van der Waals surface area contributed by atoms with Crippen molar-refractivity contribution < 1.29 is 18.7 Å². The summed E-state index contributed by atoms with van der Waals surface area (Å²) in [7, 11) is 1.64. The van der Waals surface area contributed by atoms with E-state index in [1.54, 1.807) is 30.3 Å². The molecular formula is C22H26FN3O3. The Hall–Kier alpha value is -2.51. The molecule has 6 nitrogen and oxygen atoms in total. The highest BCUT2D eigenvalue weighted by atomic mass is 19.1. The van der Waals surface area contributed by atoms with Crippen LogP contribution in [0.15, 0.2) is 42.7 Å². The Labute approximate surface area is 170 Å². The molecule has 0 bridgehead atoms. The van der Waals surface area contributed by atoms with Crippen molar-refractivity contribution in [3.63, 3.8) is 0 Å². The van der Waals surface area contributed by atoms with Gasteiger partial charge in [-0.3, -0.25) is 14.7 Å². The molecule has 1 aromatic heterocycles.